The maximum atomic E-state index is 14.3. The van der Waals surface area contributed by atoms with Crippen molar-refractivity contribution >= 4 is 23.7 Å². The van der Waals surface area contributed by atoms with Crippen LogP contribution in [0.2, 0.25) is 0 Å². The number of ether oxygens (including phenoxy) is 2. The van der Waals surface area contributed by atoms with Gasteiger partial charge in [-0.3, -0.25) is 14.4 Å². The van der Waals surface area contributed by atoms with E-state index in [4.69, 9.17) is 15.9 Å². The summed E-state index contributed by atoms with van der Waals surface area (Å²) in [5, 5.41) is 5.44. The van der Waals surface area contributed by atoms with Crippen molar-refractivity contribution in [2.24, 2.45) is 5.41 Å². The van der Waals surface area contributed by atoms with Gasteiger partial charge < -0.3 is 25.0 Å². The molecule has 1 aliphatic carbocycles. The Morgan fingerprint density at radius 1 is 1.26 bits per heavy atom. The number of hydrogen-bond acceptors (Lipinski definition) is 6. The number of esters is 1. The number of halogens is 1. The van der Waals surface area contributed by atoms with E-state index in [0.717, 1.165) is 0 Å². The molecule has 1 aromatic carbocycles. The molecule has 0 bridgehead atoms. The highest BCUT2D eigenvalue weighted by Gasteiger charge is 2.53. The van der Waals surface area contributed by atoms with E-state index >= 15 is 0 Å². The van der Waals surface area contributed by atoms with Crippen LogP contribution in [0.25, 0.3) is 0 Å². The molecular formula is C28H36FN3O6. The van der Waals surface area contributed by atoms with Crippen LogP contribution < -0.4 is 15.4 Å². The summed E-state index contributed by atoms with van der Waals surface area (Å²) in [6.07, 6.45) is 6.85. The summed E-state index contributed by atoms with van der Waals surface area (Å²) in [5.41, 5.74) is -1.46. The zero-order chi connectivity index (χ0) is 28.1. The number of rotatable bonds is 10. The number of benzene rings is 1. The normalized spacial score (nSPS) is 18.6. The van der Waals surface area contributed by atoms with Gasteiger partial charge in [0.2, 0.25) is 11.8 Å². The van der Waals surface area contributed by atoms with Gasteiger partial charge in [-0.05, 0) is 50.2 Å². The maximum absolute atomic E-state index is 14.3. The quantitative estimate of drug-likeness (QED) is 0.355. The summed E-state index contributed by atoms with van der Waals surface area (Å²) >= 11 is 0. The van der Waals surface area contributed by atoms with Crippen molar-refractivity contribution in [1.82, 2.24) is 15.5 Å². The van der Waals surface area contributed by atoms with Crippen molar-refractivity contribution < 1.29 is 33.0 Å². The van der Waals surface area contributed by atoms with E-state index < -0.39 is 41.0 Å². The minimum Gasteiger partial charge on any atom is -0.482 e. The van der Waals surface area contributed by atoms with Crippen LogP contribution in [0.4, 0.5) is 4.39 Å². The molecule has 38 heavy (non-hydrogen) atoms. The van der Waals surface area contributed by atoms with Crippen LogP contribution in [0, 0.1) is 17.8 Å². The molecular weight excluding hydrogens is 493 g/mol. The first kappa shape index (κ1) is 29.0. The van der Waals surface area contributed by atoms with Crippen LogP contribution in [0.15, 0.2) is 18.2 Å². The predicted octanol–water partition coefficient (Wildman–Crippen LogP) is 2.25. The molecule has 3 rings (SSSR count). The SMILES string of the molecule is C#Cc1ccc(CNC(=O)C2CCCN2C(=O)C(NC(=O)C2(F)CC2)C(C)(C)C)c(OCC(=O)OCC)c1. The number of terminal acetylenes is 1. The summed E-state index contributed by atoms with van der Waals surface area (Å²) in [5.74, 6) is 0.750. The maximum Gasteiger partial charge on any atom is 0.344 e. The molecule has 1 heterocycles. The molecule has 10 heteroatoms. The molecule has 1 saturated carbocycles. The Balaban J connectivity index is 1.69. The molecule has 1 saturated heterocycles. The van der Waals surface area contributed by atoms with Crippen molar-refractivity contribution in [2.45, 2.75) is 77.7 Å². The standard InChI is InChI=1S/C28H36FN3O6/c1-6-18-10-11-19(21(15-18)38-17-22(33)37-7-2)16-30-24(34)20-9-8-14-32(20)25(35)23(27(3,4)5)31-26(36)28(29)12-13-28/h1,10-11,15,20,23H,7-9,12-14,16-17H2,2-5H3,(H,30,34)(H,31,36). The summed E-state index contributed by atoms with van der Waals surface area (Å²) in [6.45, 7) is 7.39. The van der Waals surface area contributed by atoms with Gasteiger partial charge in [0.25, 0.3) is 5.91 Å². The number of hydrogen-bond donors (Lipinski definition) is 2. The molecule has 3 amide bonds. The molecule has 2 N–H and O–H groups in total. The van der Waals surface area contributed by atoms with Gasteiger partial charge in [0, 0.05) is 24.2 Å². The molecule has 206 valence electrons. The number of amides is 3. The number of nitrogens with zero attached hydrogens (tertiary/aromatic N) is 1. The van der Waals surface area contributed by atoms with E-state index in [1.165, 1.54) is 4.90 Å². The lowest BCUT2D eigenvalue weighted by atomic mass is 9.85. The fourth-order valence-electron chi connectivity index (χ4n) is 4.28. The van der Waals surface area contributed by atoms with Crippen molar-refractivity contribution in [1.29, 1.82) is 0 Å². The lowest BCUT2D eigenvalue weighted by Gasteiger charge is -2.35. The van der Waals surface area contributed by atoms with Gasteiger partial charge >= 0.3 is 5.97 Å². The lowest BCUT2D eigenvalue weighted by molar-refractivity contribution is -0.145. The monoisotopic (exact) mass is 529 g/mol. The van der Waals surface area contributed by atoms with Gasteiger partial charge in [0.1, 0.15) is 17.8 Å². The highest BCUT2D eigenvalue weighted by molar-refractivity contribution is 5.95. The van der Waals surface area contributed by atoms with Crippen LogP contribution >= 0.6 is 0 Å². The molecule has 0 spiro atoms. The fourth-order valence-corrected chi connectivity index (χ4v) is 4.28. The van der Waals surface area contributed by atoms with Crippen molar-refractivity contribution in [3.05, 3.63) is 29.3 Å². The van der Waals surface area contributed by atoms with Crippen molar-refractivity contribution in [2.75, 3.05) is 19.8 Å². The number of carbonyl (C=O) groups excluding carboxylic acids is 4. The van der Waals surface area contributed by atoms with E-state index in [0.29, 0.717) is 36.3 Å². The van der Waals surface area contributed by atoms with Crippen LogP contribution in [0.3, 0.4) is 0 Å². The Kier molecular flexibility index (Phi) is 9.02. The predicted molar refractivity (Wildman–Crippen MR) is 138 cm³/mol. The summed E-state index contributed by atoms with van der Waals surface area (Å²) < 4.78 is 24.8. The molecule has 1 aromatic rings. The van der Waals surface area contributed by atoms with E-state index in [-0.39, 0.29) is 38.5 Å². The number of carbonyl (C=O) groups is 4. The van der Waals surface area contributed by atoms with Crippen LogP contribution in [0.1, 0.15) is 64.5 Å². The van der Waals surface area contributed by atoms with Gasteiger partial charge in [0.05, 0.1) is 6.61 Å². The first-order chi connectivity index (χ1) is 17.9. The molecule has 0 aromatic heterocycles. The molecule has 2 atom stereocenters. The van der Waals surface area contributed by atoms with Crippen LogP contribution in [0.5, 0.6) is 5.75 Å². The third-order valence-corrected chi connectivity index (χ3v) is 6.66. The topological polar surface area (TPSA) is 114 Å². The molecule has 0 radical (unpaired) electrons. The average Bonchev–Trinajstić information content (AvgIpc) is 3.43. The number of likely N-dealkylation sites (tertiary alicyclic amines) is 1. The first-order valence-electron chi connectivity index (χ1n) is 12.9. The zero-order valence-electron chi connectivity index (χ0n) is 22.4. The Morgan fingerprint density at radius 3 is 2.58 bits per heavy atom. The highest BCUT2D eigenvalue weighted by Crippen LogP contribution is 2.40. The number of nitrogens with one attached hydrogen (secondary N) is 2. The summed E-state index contributed by atoms with van der Waals surface area (Å²) in [7, 11) is 0. The van der Waals surface area contributed by atoms with Crippen LogP contribution in [-0.2, 0) is 30.5 Å². The molecule has 2 aliphatic rings. The van der Waals surface area contributed by atoms with Crippen molar-refractivity contribution in [3.63, 3.8) is 0 Å². The molecule has 2 unspecified atom stereocenters. The minimum atomic E-state index is -1.91. The molecule has 1 aliphatic heterocycles. The van der Waals surface area contributed by atoms with Gasteiger partial charge in [-0.15, -0.1) is 6.42 Å². The van der Waals surface area contributed by atoms with Gasteiger partial charge in [0.15, 0.2) is 12.3 Å². The summed E-state index contributed by atoms with van der Waals surface area (Å²) in [6, 6.07) is 3.27. The molecule has 9 nitrogen and oxygen atoms in total. The highest BCUT2D eigenvalue weighted by atomic mass is 19.1. The first-order valence-corrected chi connectivity index (χ1v) is 12.9. The number of alkyl halides is 1. The zero-order valence-corrected chi connectivity index (χ0v) is 22.4. The largest absolute Gasteiger partial charge is 0.482 e. The van der Waals surface area contributed by atoms with E-state index in [1.807, 2.05) is 0 Å². The van der Waals surface area contributed by atoms with Gasteiger partial charge in [-0.1, -0.05) is 32.8 Å². The Hall–Kier alpha value is -3.61. The Labute approximate surface area is 222 Å². The Morgan fingerprint density at radius 2 is 1.97 bits per heavy atom. The smallest absolute Gasteiger partial charge is 0.344 e. The summed E-state index contributed by atoms with van der Waals surface area (Å²) in [4.78, 5) is 52.3. The fraction of sp³-hybridized carbons (Fsp3) is 0.571. The van der Waals surface area contributed by atoms with Crippen LogP contribution in [-0.4, -0.2) is 66.1 Å². The Bertz CT molecular complexity index is 1120. The third-order valence-electron chi connectivity index (χ3n) is 6.66. The van der Waals surface area contributed by atoms with E-state index in [1.54, 1.807) is 45.9 Å². The second-order valence-electron chi connectivity index (χ2n) is 10.7. The molecule has 2 fully saturated rings. The van der Waals surface area contributed by atoms with Crippen molar-refractivity contribution in [3.8, 4) is 18.1 Å². The van der Waals surface area contributed by atoms with E-state index in [9.17, 15) is 23.6 Å². The second kappa shape index (κ2) is 11.8. The van der Waals surface area contributed by atoms with Gasteiger partial charge in [-0.25, -0.2) is 9.18 Å². The third kappa shape index (κ3) is 7.03. The minimum absolute atomic E-state index is 0.0736. The second-order valence-corrected chi connectivity index (χ2v) is 10.7. The van der Waals surface area contributed by atoms with Gasteiger partial charge in [-0.2, -0.15) is 0 Å². The van der Waals surface area contributed by atoms with E-state index in [2.05, 4.69) is 16.6 Å². The average molecular weight is 530 g/mol. The lowest BCUT2D eigenvalue weighted by Crippen LogP contribution is -2.58.